The van der Waals surface area contributed by atoms with Crippen molar-refractivity contribution in [3.63, 3.8) is 0 Å². The molecule has 2 atom stereocenters. The first-order valence-corrected chi connectivity index (χ1v) is 8.58. The molecule has 19 heavy (non-hydrogen) atoms. The van der Waals surface area contributed by atoms with Crippen molar-refractivity contribution < 1.29 is 0 Å². The van der Waals surface area contributed by atoms with Crippen molar-refractivity contribution in [3.8, 4) is 0 Å². The number of nitrogens with zero attached hydrogens (tertiary/aromatic N) is 1. The lowest BCUT2D eigenvalue weighted by Gasteiger charge is -2.18. The molecule has 4 heteroatoms. The molecule has 2 nitrogen and oxygen atoms in total. The maximum Gasteiger partial charge on any atom is 0.0472 e. The summed E-state index contributed by atoms with van der Waals surface area (Å²) in [5, 5.41) is 0. The topological polar surface area (TPSA) is 38.9 Å². The van der Waals surface area contributed by atoms with Crippen LogP contribution in [-0.2, 0) is 12.2 Å². The molecule has 100 valence electrons. The van der Waals surface area contributed by atoms with Crippen molar-refractivity contribution in [2.24, 2.45) is 5.73 Å². The molecule has 2 N–H and O–H groups in total. The van der Waals surface area contributed by atoms with E-state index in [1.807, 2.05) is 41.4 Å². The quantitative estimate of drug-likeness (QED) is 0.936. The van der Waals surface area contributed by atoms with Gasteiger partial charge in [-0.15, -0.1) is 11.3 Å². The first-order valence-electron chi connectivity index (χ1n) is 6.61. The van der Waals surface area contributed by atoms with E-state index in [4.69, 9.17) is 5.73 Å². The fourth-order valence-corrected chi connectivity index (χ4v) is 4.89. The van der Waals surface area contributed by atoms with Gasteiger partial charge >= 0.3 is 0 Å². The van der Waals surface area contributed by atoms with E-state index in [-0.39, 0.29) is 12.0 Å². The van der Waals surface area contributed by atoms with E-state index in [9.17, 15) is 0 Å². The largest absolute Gasteiger partial charge is 0.323 e. The highest BCUT2D eigenvalue weighted by atomic mass is 32.2. The van der Waals surface area contributed by atoms with Crippen LogP contribution in [0.25, 0.3) is 0 Å². The second-order valence-electron chi connectivity index (χ2n) is 4.97. The molecule has 1 aliphatic heterocycles. The van der Waals surface area contributed by atoms with Crippen molar-refractivity contribution >= 4 is 23.1 Å². The summed E-state index contributed by atoms with van der Waals surface area (Å²) in [6, 6.07) is 8.41. The van der Waals surface area contributed by atoms with E-state index in [0.29, 0.717) is 0 Å². The van der Waals surface area contributed by atoms with Gasteiger partial charge in [0.05, 0.1) is 0 Å². The number of aromatic nitrogens is 1. The molecule has 0 saturated carbocycles. The number of nitrogens with two attached hydrogens (primary N) is 1. The summed E-state index contributed by atoms with van der Waals surface area (Å²) < 4.78 is 0. The minimum Gasteiger partial charge on any atom is -0.323 e. The van der Waals surface area contributed by atoms with Gasteiger partial charge in [-0.1, -0.05) is 13.0 Å². The van der Waals surface area contributed by atoms with E-state index < -0.39 is 0 Å². The molecule has 1 aliphatic rings. The molecule has 0 radical (unpaired) electrons. The van der Waals surface area contributed by atoms with E-state index in [0.717, 1.165) is 11.4 Å². The molecular weight excluding hydrogens is 272 g/mol. The van der Waals surface area contributed by atoms with E-state index in [1.54, 1.807) is 0 Å². The van der Waals surface area contributed by atoms with Crippen LogP contribution < -0.4 is 5.73 Å². The fraction of sp³-hybridized carbons (Fsp3) is 0.400. The third kappa shape index (κ3) is 2.71. The Morgan fingerprint density at radius 3 is 3.00 bits per heavy atom. The smallest absolute Gasteiger partial charge is 0.0472 e. The van der Waals surface area contributed by atoms with Crippen molar-refractivity contribution in [2.75, 3.05) is 5.75 Å². The number of fused-ring (bicyclic) bond motifs is 1. The monoisotopic (exact) mass is 290 g/mol. The summed E-state index contributed by atoms with van der Waals surface area (Å²) in [5.74, 6) is 2.66. The number of aryl methyl sites for hydroxylation is 1. The highest BCUT2D eigenvalue weighted by Crippen LogP contribution is 2.37. The van der Waals surface area contributed by atoms with Crippen LogP contribution in [0.5, 0.6) is 0 Å². The zero-order valence-electron chi connectivity index (χ0n) is 11.0. The summed E-state index contributed by atoms with van der Waals surface area (Å²) >= 11 is 3.92. The van der Waals surface area contributed by atoms with Gasteiger partial charge in [0.15, 0.2) is 0 Å². The number of rotatable bonds is 3. The Kier molecular flexibility index (Phi) is 3.91. The Hall–Kier alpha value is -0.840. The second-order valence-corrected chi connectivity index (χ2v) is 7.24. The summed E-state index contributed by atoms with van der Waals surface area (Å²) in [5.41, 5.74) is 9.03. The van der Waals surface area contributed by atoms with E-state index in [2.05, 4.69) is 24.0 Å². The molecule has 0 saturated heterocycles. The molecule has 0 spiro atoms. The Labute approximate surface area is 122 Å². The third-order valence-corrected chi connectivity index (χ3v) is 6.01. The third-order valence-electron chi connectivity index (χ3n) is 3.67. The number of pyridine rings is 1. The van der Waals surface area contributed by atoms with Gasteiger partial charge in [0.2, 0.25) is 0 Å². The number of thiophene rings is 1. The highest BCUT2D eigenvalue weighted by Gasteiger charge is 2.22. The van der Waals surface area contributed by atoms with Crippen LogP contribution in [0, 0.1) is 0 Å². The van der Waals surface area contributed by atoms with Gasteiger partial charge in [0.25, 0.3) is 0 Å². The molecule has 2 aromatic rings. The lowest BCUT2D eigenvalue weighted by Crippen LogP contribution is -2.17. The van der Waals surface area contributed by atoms with Gasteiger partial charge in [-0.25, -0.2) is 0 Å². The molecule has 0 aromatic carbocycles. The predicted molar refractivity (Wildman–Crippen MR) is 83.8 cm³/mol. The Bertz CT molecular complexity index is 527. The van der Waals surface area contributed by atoms with E-state index in [1.165, 1.54) is 27.5 Å². The maximum atomic E-state index is 6.45. The molecule has 2 aromatic heterocycles. The minimum atomic E-state index is 0.0514. The fourth-order valence-electron chi connectivity index (χ4n) is 2.41. The standard InChI is InChI=1S/C15H18N2S2/c1-10(12-4-2-3-6-17-12)15(16)14-8-11-9-18-7-5-13(11)19-14/h2-4,6,8,10,15H,5,7,9,16H2,1H3. The lowest BCUT2D eigenvalue weighted by molar-refractivity contribution is 0.592. The lowest BCUT2D eigenvalue weighted by atomic mass is 9.97. The van der Waals surface area contributed by atoms with Crippen LogP contribution in [-0.4, -0.2) is 10.7 Å². The number of hydrogen-bond acceptors (Lipinski definition) is 4. The molecule has 0 fully saturated rings. The van der Waals surface area contributed by atoms with Crippen LogP contribution >= 0.6 is 23.1 Å². The zero-order chi connectivity index (χ0) is 13.2. The Balaban J connectivity index is 1.83. The SMILES string of the molecule is CC(c1ccccn1)C(N)c1cc2c(s1)CCSC2. The average Bonchev–Trinajstić information content (AvgIpc) is 2.90. The van der Waals surface area contributed by atoms with Gasteiger partial charge in [0.1, 0.15) is 0 Å². The Morgan fingerprint density at radius 1 is 1.37 bits per heavy atom. The molecule has 3 rings (SSSR count). The number of thioether (sulfide) groups is 1. The van der Waals surface area contributed by atoms with Gasteiger partial charge < -0.3 is 5.73 Å². The van der Waals surface area contributed by atoms with Crippen molar-refractivity contribution in [1.29, 1.82) is 0 Å². The van der Waals surface area contributed by atoms with Gasteiger partial charge in [-0.05, 0) is 35.9 Å². The minimum absolute atomic E-state index is 0.0514. The molecule has 0 amide bonds. The van der Waals surface area contributed by atoms with Crippen molar-refractivity contribution in [3.05, 3.63) is 51.5 Å². The second kappa shape index (κ2) is 5.65. The van der Waals surface area contributed by atoms with E-state index >= 15 is 0 Å². The predicted octanol–water partition coefficient (Wildman–Crippen LogP) is 3.74. The Morgan fingerprint density at radius 2 is 2.26 bits per heavy atom. The summed E-state index contributed by atoms with van der Waals surface area (Å²) in [6.45, 7) is 2.17. The summed E-state index contributed by atoms with van der Waals surface area (Å²) in [6.07, 6.45) is 3.05. The van der Waals surface area contributed by atoms with Crippen LogP contribution in [0.1, 0.15) is 39.9 Å². The molecule has 0 bridgehead atoms. The molecular formula is C15H18N2S2. The molecule has 2 unspecified atom stereocenters. The summed E-state index contributed by atoms with van der Waals surface area (Å²) in [4.78, 5) is 7.28. The first-order chi connectivity index (χ1) is 9.25. The average molecular weight is 290 g/mol. The highest BCUT2D eigenvalue weighted by molar-refractivity contribution is 7.98. The van der Waals surface area contributed by atoms with Crippen LogP contribution in [0.4, 0.5) is 0 Å². The first kappa shape index (κ1) is 13.2. The van der Waals surface area contributed by atoms with Crippen LogP contribution in [0.15, 0.2) is 30.5 Å². The summed E-state index contributed by atoms with van der Waals surface area (Å²) in [7, 11) is 0. The van der Waals surface area contributed by atoms with Crippen molar-refractivity contribution in [2.45, 2.75) is 31.1 Å². The zero-order valence-corrected chi connectivity index (χ0v) is 12.6. The van der Waals surface area contributed by atoms with Gasteiger partial charge in [-0.3, -0.25) is 4.98 Å². The molecule has 0 aliphatic carbocycles. The van der Waals surface area contributed by atoms with Crippen LogP contribution in [0.2, 0.25) is 0 Å². The van der Waals surface area contributed by atoms with Crippen molar-refractivity contribution in [1.82, 2.24) is 4.98 Å². The van der Waals surface area contributed by atoms with Gasteiger partial charge in [0, 0.05) is 39.4 Å². The van der Waals surface area contributed by atoms with Gasteiger partial charge in [-0.2, -0.15) is 11.8 Å². The van der Waals surface area contributed by atoms with Crippen LogP contribution in [0.3, 0.4) is 0 Å². The molecule has 3 heterocycles. The maximum absolute atomic E-state index is 6.45. The number of hydrogen-bond donors (Lipinski definition) is 1. The normalized spacial score (nSPS) is 17.8.